The molecule has 0 saturated carbocycles. The number of carbonyl (C=O) groups excluding carboxylic acids is 1. The van der Waals surface area contributed by atoms with E-state index in [9.17, 15) is 4.79 Å². The van der Waals surface area contributed by atoms with Crippen molar-refractivity contribution in [3.8, 4) is 5.75 Å². The van der Waals surface area contributed by atoms with Crippen molar-refractivity contribution in [3.63, 3.8) is 0 Å². The Morgan fingerprint density at radius 3 is 2.91 bits per heavy atom. The highest BCUT2D eigenvalue weighted by Crippen LogP contribution is 2.25. The fraction of sp³-hybridized carbons (Fsp3) is 0.278. The monoisotopic (exact) mass is 296 g/mol. The van der Waals surface area contributed by atoms with Crippen LogP contribution >= 0.6 is 0 Å². The van der Waals surface area contributed by atoms with Gasteiger partial charge >= 0.3 is 0 Å². The third-order valence-corrected chi connectivity index (χ3v) is 3.67. The average Bonchev–Trinajstić information content (AvgIpc) is 2.56. The van der Waals surface area contributed by atoms with Crippen LogP contribution in [-0.2, 0) is 11.2 Å². The fourth-order valence-corrected chi connectivity index (χ4v) is 2.55. The molecule has 3 rings (SSSR count). The van der Waals surface area contributed by atoms with Gasteiger partial charge in [0.25, 0.3) is 0 Å². The van der Waals surface area contributed by atoms with E-state index in [1.165, 1.54) is 11.3 Å². The highest BCUT2D eigenvalue weighted by Gasteiger charge is 2.10. The smallest absolute Gasteiger partial charge is 0.227 e. The number of fused-ring (bicyclic) bond motifs is 1. The lowest BCUT2D eigenvalue weighted by atomic mass is 10.0. The number of ether oxygens (including phenoxy) is 1. The van der Waals surface area contributed by atoms with Gasteiger partial charge in [0.15, 0.2) is 0 Å². The summed E-state index contributed by atoms with van der Waals surface area (Å²) in [7, 11) is 0. The predicted octanol–water partition coefficient (Wildman–Crippen LogP) is 3.45. The third kappa shape index (κ3) is 3.79. The van der Waals surface area contributed by atoms with E-state index in [2.05, 4.69) is 16.7 Å². The Balaban J connectivity index is 1.49. The number of hydrogen-bond acceptors (Lipinski definition) is 3. The molecular weight excluding hydrogens is 276 g/mol. The van der Waals surface area contributed by atoms with E-state index in [1.54, 1.807) is 0 Å². The van der Waals surface area contributed by atoms with E-state index in [0.717, 1.165) is 30.8 Å². The zero-order valence-electron chi connectivity index (χ0n) is 12.5. The third-order valence-electron chi connectivity index (χ3n) is 3.67. The van der Waals surface area contributed by atoms with Gasteiger partial charge in [0.05, 0.1) is 13.0 Å². The van der Waals surface area contributed by atoms with Crippen LogP contribution in [0.2, 0.25) is 0 Å². The van der Waals surface area contributed by atoms with Gasteiger partial charge in [0.1, 0.15) is 5.75 Å². The zero-order chi connectivity index (χ0) is 15.2. The summed E-state index contributed by atoms with van der Waals surface area (Å²) in [6.07, 6.45) is 2.53. The number of rotatable bonds is 5. The molecule has 1 aliphatic rings. The first kappa shape index (κ1) is 14.4. The minimum absolute atomic E-state index is 0.0281. The molecule has 1 aliphatic heterocycles. The van der Waals surface area contributed by atoms with Crippen molar-refractivity contribution in [2.75, 3.05) is 23.8 Å². The number of nitrogens with one attached hydrogen (secondary N) is 2. The van der Waals surface area contributed by atoms with Gasteiger partial charge in [0.2, 0.25) is 5.91 Å². The number of para-hydroxylation sites is 1. The number of hydrogen-bond donors (Lipinski definition) is 2. The summed E-state index contributed by atoms with van der Waals surface area (Å²) in [5.41, 5.74) is 3.30. The lowest BCUT2D eigenvalue weighted by Gasteiger charge is -2.18. The largest absolute Gasteiger partial charge is 0.493 e. The normalized spacial score (nSPS) is 12.9. The van der Waals surface area contributed by atoms with Crippen molar-refractivity contribution in [1.29, 1.82) is 0 Å². The lowest BCUT2D eigenvalue weighted by Crippen LogP contribution is -2.16. The summed E-state index contributed by atoms with van der Waals surface area (Å²) >= 11 is 0. The van der Waals surface area contributed by atoms with Crippen molar-refractivity contribution in [1.82, 2.24) is 0 Å². The summed E-state index contributed by atoms with van der Waals surface area (Å²) in [6.45, 7) is 1.40. The van der Waals surface area contributed by atoms with Gasteiger partial charge in [-0.1, -0.05) is 18.2 Å². The maximum atomic E-state index is 12.0. The Hall–Kier alpha value is -2.49. The Bertz CT molecular complexity index is 641. The van der Waals surface area contributed by atoms with Crippen molar-refractivity contribution in [2.45, 2.75) is 19.3 Å². The van der Waals surface area contributed by atoms with E-state index in [1.807, 2.05) is 42.5 Å². The molecule has 22 heavy (non-hydrogen) atoms. The Morgan fingerprint density at radius 1 is 1.18 bits per heavy atom. The first-order valence-electron chi connectivity index (χ1n) is 7.66. The minimum Gasteiger partial charge on any atom is -0.493 e. The van der Waals surface area contributed by atoms with E-state index in [4.69, 9.17) is 4.74 Å². The summed E-state index contributed by atoms with van der Waals surface area (Å²) in [6, 6.07) is 15.6. The molecule has 4 heteroatoms. The first-order chi connectivity index (χ1) is 10.8. The van der Waals surface area contributed by atoms with Gasteiger partial charge in [0, 0.05) is 17.9 Å². The van der Waals surface area contributed by atoms with Crippen LogP contribution in [-0.4, -0.2) is 19.1 Å². The van der Waals surface area contributed by atoms with Crippen LogP contribution in [0.3, 0.4) is 0 Å². The maximum Gasteiger partial charge on any atom is 0.227 e. The molecule has 4 nitrogen and oxygen atoms in total. The standard InChI is InChI=1S/C18H20N2O2/c21-18(10-12-22-16-6-2-1-3-7-16)20-15-8-9-17-14(13-15)5-4-11-19-17/h1-3,6-9,13,19H,4-5,10-12H2,(H,20,21). The van der Waals surface area contributed by atoms with Crippen LogP contribution < -0.4 is 15.4 Å². The Morgan fingerprint density at radius 2 is 2.05 bits per heavy atom. The second-order valence-electron chi connectivity index (χ2n) is 5.36. The molecule has 0 aromatic heterocycles. The molecule has 2 aromatic rings. The number of amides is 1. The maximum absolute atomic E-state index is 12.0. The highest BCUT2D eigenvalue weighted by molar-refractivity contribution is 5.91. The van der Waals surface area contributed by atoms with Crippen molar-refractivity contribution in [3.05, 3.63) is 54.1 Å². The summed E-state index contributed by atoms with van der Waals surface area (Å²) in [5, 5.41) is 6.29. The van der Waals surface area contributed by atoms with Crippen LogP contribution in [0.25, 0.3) is 0 Å². The zero-order valence-corrected chi connectivity index (χ0v) is 12.5. The predicted molar refractivity (Wildman–Crippen MR) is 88.4 cm³/mol. The van der Waals surface area contributed by atoms with E-state index >= 15 is 0 Å². The Kier molecular flexibility index (Phi) is 4.59. The molecule has 0 bridgehead atoms. The van der Waals surface area contributed by atoms with E-state index in [-0.39, 0.29) is 5.91 Å². The molecule has 114 valence electrons. The number of carbonyl (C=O) groups is 1. The molecule has 0 radical (unpaired) electrons. The lowest BCUT2D eigenvalue weighted by molar-refractivity contribution is -0.116. The van der Waals surface area contributed by atoms with Crippen LogP contribution in [0.4, 0.5) is 11.4 Å². The first-order valence-corrected chi connectivity index (χ1v) is 7.66. The van der Waals surface area contributed by atoms with Crippen molar-refractivity contribution < 1.29 is 9.53 Å². The van der Waals surface area contributed by atoms with Crippen LogP contribution in [0.5, 0.6) is 5.75 Å². The summed E-state index contributed by atoms with van der Waals surface area (Å²) < 4.78 is 5.53. The van der Waals surface area contributed by atoms with Gasteiger partial charge in [-0.25, -0.2) is 0 Å². The van der Waals surface area contributed by atoms with Gasteiger partial charge in [-0.3, -0.25) is 4.79 Å². The summed E-state index contributed by atoms with van der Waals surface area (Å²) in [5.74, 6) is 0.759. The number of aryl methyl sites for hydroxylation is 1. The molecule has 0 unspecified atom stereocenters. The fourth-order valence-electron chi connectivity index (χ4n) is 2.55. The molecule has 1 amide bonds. The number of benzene rings is 2. The topological polar surface area (TPSA) is 50.4 Å². The van der Waals surface area contributed by atoms with Crippen molar-refractivity contribution >= 4 is 17.3 Å². The van der Waals surface area contributed by atoms with Gasteiger partial charge in [-0.2, -0.15) is 0 Å². The van der Waals surface area contributed by atoms with E-state index in [0.29, 0.717) is 13.0 Å². The molecule has 1 heterocycles. The quantitative estimate of drug-likeness (QED) is 0.888. The molecule has 0 aliphatic carbocycles. The molecule has 0 saturated heterocycles. The van der Waals surface area contributed by atoms with Crippen LogP contribution in [0, 0.1) is 0 Å². The highest BCUT2D eigenvalue weighted by atomic mass is 16.5. The molecular formula is C18H20N2O2. The molecule has 2 N–H and O–H groups in total. The van der Waals surface area contributed by atoms with E-state index < -0.39 is 0 Å². The van der Waals surface area contributed by atoms with Crippen molar-refractivity contribution in [2.24, 2.45) is 0 Å². The number of anilines is 2. The summed E-state index contributed by atoms with van der Waals surface area (Å²) in [4.78, 5) is 12.0. The average molecular weight is 296 g/mol. The molecule has 0 spiro atoms. The Labute approximate surface area is 130 Å². The van der Waals surface area contributed by atoms with Crippen LogP contribution in [0.1, 0.15) is 18.4 Å². The SMILES string of the molecule is O=C(CCOc1ccccc1)Nc1ccc2c(c1)CCCN2. The second kappa shape index (κ2) is 6.98. The van der Waals surface area contributed by atoms with Gasteiger partial charge in [-0.05, 0) is 48.7 Å². The van der Waals surface area contributed by atoms with Crippen LogP contribution in [0.15, 0.2) is 48.5 Å². The molecule has 2 aromatic carbocycles. The minimum atomic E-state index is -0.0281. The second-order valence-corrected chi connectivity index (χ2v) is 5.36. The molecule has 0 fully saturated rings. The molecule has 0 atom stereocenters. The van der Waals surface area contributed by atoms with Gasteiger partial charge < -0.3 is 15.4 Å². The van der Waals surface area contributed by atoms with Gasteiger partial charge in [-0.15, -0.1) is 0 Å².